The van der Waals surface area contributed by atoms with Crippen LogP contribution in [0.5, 0.6) is 0 Å². The van der Waals surface area contributed by atoms with Gasteiger partial charge in [-0.3, -0.25) is 9.59 Å². The van der Waals surface area contributed by atoms with Crippen LogP contribution in [0.25, 0.3) is 0 Å². The van der Waals surface area contributed by atoms with Gasteiger partial charge in [0.15, 0.2) is 0 Å². The topological polar surface area (TPSA) is 156 Å². The maximum absolute atomic E-state index is 14.8. The summed E-state index contributed by atoms with van der Waals surface area (Å²) >= 11 is 0. The van der Waals surface area contributed by atoms with Crippen molar-refractivity contribution in [2.75, 3.05) is 14.2 Å². The summed E-state index contributed by atoms with van der Waals surface area (Å²) in [6.07, 6.45) is -8.24. The highest BCUT2D eigenvalue weighted by Crippen LogP contribution is 2.46. The maximum Gasteiger partial charge on any atom is 0.432 e. The normalized spacial score (nSPS) is 27.2. The minimum atomic E-state index is -5.30. The molecule has 4 rings (SSSR count). The highest BCUT2D eigenvalue weighted by Gasteiger charge is 2.66. The van der Waals surface area contributed by atoms with Crippen LogP contribution in [0.3, 0.4) is 0 Å². The van der Waals surface area contributed by atoms with E-state index in [2.05, 4.69) is 0 Å². The summed E-state index contributed by atoms with van der Waals surface area (Å²) < 4.78 is 126. The van der Waals surface area contributed by atoms with Gasteiger partial charge in [-0.25, -0.2) is 9.59 Å². The Hall–Kier alpha value is -5.04. The van der Waals surface area contributed by atoms with E-state index in [4.69, 9.17) is 33.2 Å². The van der Waals surface area contributed by atoms with E-state index in [1.165, 1.54) is 49.4 Å². The van der Waals surface area contributed by atoms with Crippen LogP contribution < -0.4 is 0 Å². The van der Waals surface area contributed by atoms with Gasteiger partial charge >= 0.3 is 36.2 Å². The summed E-state index contributed by atoms with van der Waals surface area (Å²) in [5, 5.41) is 11.5. The van der Waals surface area contributed by atoms with Crippen LogP contribution in [-0.4, -0.2) is 97.8 Å². The number of halogens is 6. The summed E-state index contributed by atoms with van der Waals surface area (Å²) in [6, 6.07) is 12.7. The number of carbonyl (C=O) groups is 4. The van der Waals surface area contributed by atoms with E-state index in [1.54, 1.807) is 45.9 Å². The molecule has 68 heavy (non-hydrogen) atoms. The fourth-order valence-corrected chi connectivity index (χ4v) is 8.47. The first kappa shape index (κ1) is 55.6. The molecular formula is C50H62F6O12. The zero-order chi connectivity index (χ0) is 50.8. The van der Waals surface area contributed by atoms with Crippen LogP contribution in [0.1, 0.15) is 91.7 Å². The zero-order valence-corrected chi connectivity index (χ0v) is 39.6. The Morgan fingerprint density at radius 1 is 0.868 bits per heavy atom. The maximum atomic E-state index is 14.8. The van der Waals surface area contributed by atoms with Crippen LogP contribution in [0, 0.1) is 17.8 Å². The lowest BCUT2D eigenvalue weighted by Crippen LogP contribution is -2.53. The van der Waals surface area contributed by atoms with Crippen molar-refractivity contribution in [1.29, 1.82) is 0 Å². The van der Waals surface area contributed by atoms with Crippen molar-refractivity contribution in [3.63, 3.8) is 0 Å². The van der Waals surface area contributed by atoms with Crippen molar-refractivity contribution in [2.24, 2.45) is 17.8 Å². The van der Waals surface area contributed by atoms with Gasteiger partial charge in [0.2, 0.25) is 0 Å². The molecule has 0 spiro atoms. The van der Waals surface area contributed by atoms with Gasteiger partial charge in [-0.05, 0) is 57.1 Å². The number of rotatable bonds is 17. The number of carbonyl (C=O) groups excluding carboxylic acids is 4. The Morgan fingerprint density at radius 2 is 1.41 bits per heavy atom. The fraction of sp³-hybridized carbons (Fsp3) is 0.560. The third-order valence-corrected chi connectivity index (χ3v) is 12.5. The number of hydrogen-bond acceptors (Lipinski definition) is 12. The molecule has 0 amide bonds. The molecule has 3 unspecified atom stereocenters. The van der Waals surface area contributed by atoms with E-state index in [-0.39, 0.29) is 31.3 Å². The second kappa shape index (κ2) is 23.0. The van der Waals surface area contributed by atoms with Gasteiger partial charge in [-0.15, -0.1) is 0 Å². The number of ether oxygens (including phenoxy) is 7. The van der Waals surface area contributed by atoms with Gasteiger partial charge in [0, 0.05) is 44.1 Å². The van der Waals surface area contributed by atoms with E-state index in [0.29, 0.717) is 19.1 Å². The Balaban J connectivity index is 1.51. The molecular weight excluding hydrogens is 907 g/mol. The van der Waals surface area contributed by atoms with Crippen LogP contribution in [-0.2, 0) is 63.5 Å². The third kappa shape index (κ3) is 13.0. The molecule has 1 saturated heterocycles. The largest absolute Gasteiger partial charge is 0.459 e. The van der Waals surface area contributed by atoms with E-state index >= 15 is 0 Å². The van der Waals surface area contributed by atoms with E-state index in [9.17, 15) is 50.6 Å². The molecule has 0 aromatic heterocycles. The summed E-state index contributed by atoms with van der Waals surface area (Å²) in [7, 11) is 1.51. The molecule has 12 nitrogen and oxygen atoms in total. The fourth-order valence-electron chi connectivity index (χ4n) is 8.47. The Morgan fingerprint density at radius 3 is 1.91 bits per heavy atom. The summed E-state index contributed by atoms with van der Waals surface area (Å²) in [5.74, 6) is -6.29. The molecule has 1 fully saturated rings. The van der Waals surface area contributed by atoms with Crippen LogP contribution >= 0.6 is 0 Å². The molecule has 1 N–H and O–H groups in total. The zero-order valence-electron chi connectivity index (χ0n) is 39.6. The van der Waals surface area contributed by atoms with E-state index in [1.807, 2.05) is 13.0 Å². The monoisotopic (exact) mass is 968 g/mol. The van der Waals surface area contributed by atoms with Crippen LogP contribution in [0.4, 0.5) is 26.3 Å². The average Bonchev–Trinajstić information content (AvgIpc) is 4.03. The van der Waals surface area contributed by atoms with Gasteiger partial charge in [0.1, 0.15) is 30.0 Å². The smallest absolute Gasteiger partial charge is 0.432 e. The Bertz CT molecular complexity index is 2110. The SMILES string of the molecule is CC[C@H](OC(=O)C(OC)(c1ccccc1)C(F)(F)F)[C@@H](C)[C@H]1OC1C[C@H](C)C=CC=C(C)[C@H]1OC(=O)C[C@H](OC(=O)C(OC)(c2ccccc2)C(F)(F)F)CC[C@@](C)(O)[C@@H](OC(C)=O)C=C[C@@H]1C. The molecule has 18 heteroatoms. The molecule has 376 valence electrons. The minimum absolute atomic E-state index is 0.113. The number of methoxy groups -OCH3 is 2. The molecule has 2 aromatic carbocycles. The standard InChI is InChI=1S/C50H62F6O12/c1-10-38(67-45(60)48(63-9,50(54,55)56)36-22-15-12-16-23-36)33(5)43-39(66-43)28-30(2)18-17-19-31(3)42-32(4)24-25-40(64-34(6)57)46(7,61)27-26-37(29-41(58)68-42)65-44(59)47(62-8,49(51,52)53)35-20-13-11-14-21-35/h11-25,30,32-33,37-40,42-43,61H,10,26-29H2,1-9H3/t30-,32+,33-,37-,38+,39?,40+,42-,43-,46-,47?,48?/m1/s1. The number of alkyl halides is 6. The average molecular weight is 969 g/mol. The molecule has 2 heterocycles. The molecule has 2 aromatic rings. The van der Waals surface area contributed by atoms with Crippen molar-refractivity contribution in [3.05, 3.63) is 108 Å². The molecule has 2 aliphatic heterocycles. The summed E-state index contributed by atoms with van der Waals surface area (Å²) in [5.41, 5.74) is -9.20. The lowest BCUT2D eigenvalue weighted by Gasteiger charge is -2.35. The number of esters is 4. The Labute approximate surface area is 393 Å². The Kier molecular flexibility index (Phi) is 18.8. The van der Waals surface area contributed by atoms with Gasteiger partial charge < -0.3 is 38.3 Å². The van der Waals surface area contributed by atoms with Crippen molar-refractivity contribution in [1.82, 2.24) is 0 Å². The second-order valence-electron chi connectivity index (χ2n) is 17.7. The quantitative estimate of drug-likeness (QED) is 0.0401. The third-order valence-electron chi connectivity index (χ3n) is 12.5. The van der Waals surface area contributed by atoms with Gasteiger partial charge in [0.25, 0.3) is 11.2 Å². The second-order valence-corrected chi connectivity index (χ2v) is 17.7. The van der Waals surface area contributed by atoms with Gasteiger partial charge in [0.05, 0.1) is 18.6 Å². The lowest BCUT2D eigenvalue weighted by molar-refractivity contribution is -0.279. The predicted octanol–water partition coefficient (Wildman–Crippen LogP) is 9.33. The number of benzene rings is 2. The number of cyclic esters (lactones) is 1. The van der Waals surface area contributed by atoms with E-state index < -0.39 is 113 Å². The van der Waals surface area contributed by atoms with Crippen molar-refractivity contribution < 1.29 is 83.8 Å². The van der Waals surface area contributed by atoms with E-state index in [0.717, 1.165) is 38.3 Å². The molecule has 0 radical (unpaired) electrons. The van der Waals surface area contributed by atoms with Gasteiger partial charge in [-0.2, -0.15) is 26.3 Å². The highest BCUT2D eigenvalue weighted by atomic mass is 19.4. The predicted molar refractivity (Wildman–Crippen MR) is 235 cm³/mol. The molecule has 0 aliphatic carbocycles. The van der Waals surface area contributed by atoms with Crippen molar-refractivity contribution >= 4 is 23.9 Å². The highest BCUT2D eigenvalue weighted by molar-refractivity contribution is 5.84. The minimum Gasteiger partial charge on any atom is -0.459 e. The molecule has 12 atom stereocenters. The van der Waals surface area contributed by atoms with Crippen molar-refractivity contribution in [2.45, 2.75) is 146 Å². The molecule has 2 aliphatic rings. The van der Waals surface area contributed by atoms with Crippen molar-refractivity contribution in [3.8, 4) is 0 Å². The molecule has 0 bridgehead atoms. The number of aliphatic hydroxyl groups is 1. The first-order valence-corrected chi connectivity index (χ1v) is 22.3. The number of allylic oxidation sites excluding steroid dienone is 3. The lowest BCUT2D eigenvalue weighted by atomic mass is 9.88. The first-order valence-electron chi connectivity index (χ1n) is 22.3. The van der Waals surface area contributed by atoms with Gasteiger partial charge in [-0.1, -0.05) is 113 Å². The van der Waals surface area contributed by atoms with Crippen LogP contribution in [0.15, 0.2) is 96.6 Å². The van der Waals surface area contributed by atoms with Crippen LogP contribution in [0.2, 0.25) is 0 Å². The summed E-state index contributed by atoms with van der Waals surface area (Å²) in [4.78, 5) is 52.8. The molecule has 0 saturated carbocycles. The first-order chi connectivity index (χ1) is 31.8. The number of epoxide rings is 1. The summed E-state index contributed by atoms with van der Waals surface area (Å²) in [6.45, 7) is 11.2. The number of hydrogen-bond donors (Lipinski definition) is 1.